The summed E-state index contributed by atoms with van der Waals surface area (Å²) in [5.41, 5.74) is 0. The molecule has 1 aliphatic rings. The van der Waals surface area contributed by atoms with Crippen molar-refractivity contribution in [3.8, 4) is 0 Å². The summed E-state index contributed by atoms with van der Waals surface area (Å²) in [5.74, 6) is -2.94. The minimum Gasteiger partial charge on any atom is -0.505 e. The van der Waals surface area contributed by atoms with Gasteiger partial charge in [0.1, 0.15) is 25.4 Å². The molecule has 26 heavy (non-hydrogen) atoms. The number of carbonyl (C=O) groups excluding carboxylic acids is 2. The summed E-state index contributed by atoms with van der Waals surface area (Å²) in [5, 5.41) is 38.0. The molecule has 1 heterocycles. The molecule has 1 aliphatic heterocycles. The van der Waals surface area contributed by atoms with E-state index in [1.807, 2.05) is 13.8 Å². The van der Waals surface area contributed by atoms with Gasteiger partial charge >= 0.3 is 11.9 Å². The molecule has 0 fully saturated rings. The van der Waals surface area contributed by atoms with Crippen LogP contribution in [-0.4, -0.2) is 70.5 Å². The zero-order valence-corrected chi connectivity index (χ0v) is 15.1. The molecule has 0 saturated heterocycles. The van der Waals surface area contributed by atoms with Crippen molar-refractivity contribution in [1.82, 2.24) is 0 Å². The van der Waals surface area contributed by atoms with Crippen LogP contribution in [0.3, 0.4) is 0 Å². The second-order valence-electron chi connectivity index (χ2n) is 6.13. The topological polar surface area (TPSA) is 143 Å². The molecule has 4 N–H and O–H groups in total. The minimum atomic E-state index is -1.46. The first-order chi connectivity index (χ1) is 12.3. The Labute approximate surface area is 152 Å². The first-order valence-corrected chi connectivity index (χ1v) is 8.76. The Morgan fingerprint density at radius 3 is 2.54 bits per heavy atom. The third kappa shape index (κ3) is 6.15. The average Bonchev–Trinajstić information content (AvgIpc) is 2.92. The van der Waals surface area contributed by atoms with Crippen molar-refractivity contribution >= 4 is 11.9 Å². The zero-order valence-electron chi connectivity index (χ0n) is 15.1. The van der Waals surface area contributed by atoms with Gasteiger partial charge in [0.15, 0.2) is 11.9 Å². The number of hydrogen-bond donors (Lipinski definition) is 4. The minimum absolute atomic E-state index is 0.267. The van der Waals surface area contributed by atoms with Gasteiger partial charge in [-0.05, 0) is 12.8 Å². The molecular formula is C17H28O9. The molecular weight excluding hydrogens is 348 g/mol. The van der Waals surface area contributed by atoms with E-state index >= 15 is 0 Å². The van der Waals surface area contributed by atoms with Gasteiger partial charge < -0.3 is 34.6 Å². The van der Waals surface area contributed by atoms with Gasteiger partial charge in [-0.1, -0.05) is 26.7 Å². The van der Waals surface area contributed by atoms with E-state index in [0.29, 0.717) is 12.8 Å². The van der Waals surface area contributed by atoms with Crippen LogP contribution in [0.2, 0.25) is 0 Å². The third-order valence-electron chi connectivity index (χ3n) is 4.03. The molecule has 9 heteroatoms. The molecule has 0 aromatic rings. The van der Waals surface area contributed by atoms with Crippen LogP contribution in [0.1, 0.15) is 39.5 Å². The SMILES string of the molecule is CCCCC(CC)C(=O)OC[C@H](O)[C@H]1OC(=O)C(OCC(O)CO)=C1O. The van der Waals surface area contributed by atoms with Crippen molar-refractivity contribution in [2.24, 2.45) is 5.92 Å². The van der Waals surface area contributed by atoms with Crippen LogP contribution in [0.25, 0.3) is 0 Å². The highest BCUT2D eigenvalue weighted by atomic mass is 16.6. The lowest BCUT2D eigenvalue weighted by molar-refractivity contribution is -0.158. The zero-order chi connectivity index (χ0) is 19.7. The molecule has 2 unspecified atom stereocenters. The van der Waals surface area contributed by atoms with E-state index in [-0.39, 0.29) is 5.92 Å². The molecule has 0 amide bonds. The fourth-order valence-electron chi connectivity index (χ4n) is 2.40. The molecule has 150 valence electrons. The maximum absolute atomic E-state index is 12.0. The van der Waals surface area contributed by atoms with E-state index in [2.05, 4.69) is 0 Å². The van der Waals surface area contributed by atoms with Gasteiger partial charge in [0, 0.05) is 0 Å². The van der Waals surface area contributed by atoms with Crippen LogP contribution >= 0.6 is 0 Å². The number of cyclic esters (lactones) is 1. The Kier molecular flexibility index (Phi) is 9.39. The van der Waals surface area contributed by atoms with Crippen molar-refractivity contribution in [2.75, 3.05) is 19.8 Å². The summed E-state index contributed by atoms with van der Waals surface area (Å²) < 4.78 is 14.8. The quantitative estimate of drug-likeness (QED) is 0.350. The number of carbonyl (C=O) groups is 2. The second kappa shape index (κ2) is 11.0. The van der Waals surface area contributed by atoms with Crippen LogP contribution in [0, 0.1) is 5.92 Å². The Morgan fingerprint density at radius 2 is 1.96 bits per heavy atom. The summed E-state index contributed by atoms with van der Waals surface area (Å²) in [7, 11) is 0. The number of unbranched alkanes of at least 4 members (excludes halogenated alkanes) is 1. The van der Waals surface area contributed by atoms with Gasteiger partial charge in [0.2, 0.25) is 5.76 Å². The predicted octanol–water partition coefficient (Wildman–Crippen LogP) is 0.172. The highest BCUT2D eigenvalue weighted by molar-refractivity contribution is 5.89. The fourth-order valence-corrected chi connectivity index (χ4v) is 2.40. The lowest BCUT2D eigenvalue weighted by Crippen LogP contribution is -2.34. The van der Waals surface area contributed by atoms with E-state index in [9.17, 15) is 24.9 Å². The van der Waals surface area contributed by atoms with Gasteiger partial charge in [0.05, 0.1) is 12.5 Å². The van der Waals surface area contributed by atoms with Gasteiger partial charge in [0.25, 0.3) is 0 Å². The standard InChI is InChI=1S/C17H28O9/c1-3-5-6-10(4-2)16(22)25-9-12(20)14-13(21)15(17(23)26-14)24-8-11(19)7-18/h10-12,14,18-21H,3-9H2,1-2H3/t10?,11?,12-,14+/m0/s1. The summed E-state index contributed by atoms with van der Waals surface area (Å²) >= 11 is 0. The van der Waals surface area contributed by atoms with E-state index in [1.165, 1.54) is 0 Å². The molecule has 0 radical (unpaired) electrons. The lowest BCUT2D eigenvalue weighted by Gasteiger charge is -2.19. The van der Waals surface area contributed by atoms with E-state index in [4.69, 9.17) is 19.3 Å². The van der Waals surface area contributed by atoms with Crippen LogP contribution in [0.4, 0.5) is 0 Å². The fraction of sp³-hybridized carbons (Fsp3) is 0.765. The first kappa shape index (κ1) is 22.2. The third-order valence-corrected chi connectivity index (χ3v) is 4.03. The van der Waals surface area contributed by atoms with Gasteiger partial charge in [-0.2, -0.15) is 0 Å². The lowest BCUT2D eigenvalue weighted by atomic mass is 10.00. The van der Waals surface area contributed by atoms with E-state index in [0.717, 1.165) is 12.8 Å². The van der Waals surface area contributed by atoms with Crippen LogP contribution in [-0.2, 0) is 23.8 Å². The molecule has 0 aromatic carbocycles. The van der Waals surface area contributed by atoms with Gasteiger partial charge in [-0.3, -0.25) is 4.79 Å². The largest absolute Gasteiger partial charge is 0.505 e. The predicted molar refractivity (Wildman–Crippen MR) is 88.9 cm³/mol. The molecule has 0 aromatic heterocycles. The Hall–Kier alpha value is -1.84. The molecule has 0 spiro atoms. The summed E-state index contributed by atoms with van der Waals surface area (Å²) in [4.78, 5) is 23.7. The monoisotopic (exact) mass is 376 g/mol. The van der Waals surface area contributed by atoms with E-state index < -0.39 is 61.6 Å². The highest BCUT2D eigenvalue weighted by Gasteiger charge is 2.41. The Bertz CT molecular complexity index is 502. The second-order valence-corrected chi connectivity index (χ2v) is 6.13. The van der Waals surface area contributed by atoms with Gasteiger partial charge in [-0.25, -0.2) is 4.79 Å². The smallest absolute Gasteiger partial charge is 0.378 e. The molecule has 0 aliphatic carbocycles. The molecule has 0 saturated carbocycles. The van der Waals surface area contributed by atoms with Crippen LogP contribution in [0.15, 0.2) is 11.5 Å². The number of esters is 2. The van der Waals surface area contributed by atoms with Crippen molar-refractivity contribution in [3.05, 3.63) is 11.5 Å². The van der Waals surface area contributed by atoms with Gasteiger partial charge in [-0.15, -0.1) is 0 Å². The summed E-state index contributed by atoms with van der Waals surface area (Å²) in [6.07, 6.45) is -0.970. The van der Waals surface area contributed by atoms with Crippen molar-refractivity contribution in [1.29, 1.82) is 0 Å². The number of rotatable bonds is 12. The average molecular weight is 376 g/mol. The first-order valence-electron chi connectivity index (χ1n) is 8.76. The molecule has 1 rings (SSSR count). The van der Waals surface area contributed by atoms with Crippen LogP contribution < -0.4 is 0 Å². The van der Waals surface area contributed by atoms with Crippen LogP contribution in [0.5, 0.6) is 0 Å². The Balaban J connectivity index is 2.58. The van der Waals surface area contributed by atoms with Crippen molar-refractivity contribution in [3.63, 3.8) is 0 Å². The molecule has 4 atom stereocenters. The van der Waals surface area contributed by atoms with Crippen molar-refractivity contribution in [2.45, 2.75) is 57.8 Å². The number of aliphatic hydroxyl groups excluding tert-OH is 4. The maximum Gasteiger partial charge on any atom is 0.378 e. The Morgan fingerprint density at radius 1 is 1.27 bits per heavy atom. The number of ether oxygens (including phenoxy) is 3. The molecule has 0 bridgehead atoms. The normalized spacial score (nSPS) is 20.5. The number of aliphatic hydroxyl groups is 4. The summed E-state index contributed by atoms with van der Waals surface area (Å²) in [6, 6.07) is 0. The van der Waals surface area contributed by atoms with E-state index in [1.54, 1.807) is 0 Å². The summed E-state index contributed by atoms with van der Waals surface area (Å²) in [6.45, 7) is 2.43. The highest BCUT2D eigenvalue weighted by Crippen LogP contribution is 2.25. The van der Waals surface area contributed by atoms with Crippen molar-refractivity contribution < 1.29 is 44.2 Å². The number of hydrogen-bond acceptors (Lipinski definition) is 9. The molecule has 9 nitrogen and oxygen atoms in total. The maximum atomic E-state index is 12.0.